The lowest BCUT2D eigenvalue weighted by Crippen LogP contribution is -2.33. The van der Waals surface area contributed by atoms with Crippen LogP contribution in [-0.2, 0) is 0 Å². The van der Waals surface area contributed by atoms with E-state index in [9.17, 15) is 28.3 Å². The molecular formula is C28H29F3N6O2. The Morgan fingerprint density at radius 1 is 1.23 bits per heavy atom. The van der Waals surface area contributed by atoms with Gasteiger partial charge in [0.2, 0.25) is 0 Å². The number of hydrogen-bond acceptors (Lipinski definition) is 6. The van der Waals surface area contributed by atoms with Crippen LogP contribution in [0.5, 0.6) is 0 Å². The number of nitrogens with one attached hydrogen (secondary N) is 2. The lowest BCUT2D eigenvalue weighted by molar-refractivity contribution is -0.143. The molecule has 2 atom stereocenters. The number of hydrogen-bond donors (Lipinski definition) is 3. The lowest BCUT2D eigenvalue weighted by atomic mass is 9.98. The van der Waals surface area contributed by atoms with Crippen molar-refractivity contribution < 1.29 is 23.1 Å². The highest BCUT2D eigenvalue weighted by atomic mass is 19.4. The second-order valence-electron chi connectivity index (χ2n) is 9.78. The number of amides is 2. The Hall–Kier alpha value is -4.17. The molecule has 39 heavy (non-hydrogen) atoms. The van der Waals surface area contributed by atoms with Crippen LogP contribution in [0.3, 0.4) is 0 Å². The van der Waals surface area contributed by atoms with E-state index in [1.54, 1.807) is 18.2 Å². The molecule has 2 amide bonds. The topological polar surface area (TPSA) is 114 Å². The molecule has 204 valence electrons. The number of urea groups is 1. The average Bonchev–Trinajstić information content (AvgIpc) is 3.36. The van der Waals surface area contributed by atoms with E-state index in [4.69, 9.17) is 0 Å². The van der Waals surface area contributed by atoms with Crippen LogP contribution in [0.2, 0.25) is 0 Å². The molecule has 3 heterocycles. The summed E-state index contributed by atoms with van der Waals surface area (Å²) in [6.07, 6.45) is -3.29. The normalized spacial score (nSPS) is 16.0. The zero-order chi connectivity index (χ0) is 28.2. The highest BCUT2D eigenvalue weighted by Crippen LogP contribution is 2.33. The number of carbonyl (C=O) groups excluding carboxylic acids is 1. The van der Waals surface area contributed by atoms with Crippen molar-refractivity contribution in [3.05, 3.63) is 59.9 Å². The standard InChI is InChI=1S/C28H29F3N6O2/c1-17-3-4-22(35-27(39)37-8-6-19(15-37)13-28(29,30)31)12-24(17)21-10-25(20-5-7-33-23(9-20)14-32)36-26(11-21)34-18(2)16-38/h3-5,7,9-12,18-19,38H,6,8,13,15-16H2,1-2H3,(H,34,36)(H,35,39)/t18-,19?/m1/s1. The molecule has 1 aliphatic rings. The Kier molecular flexibility index (Phi) is 8.35. The van der Waals surface area contributed by atoms with E-state index in [1.165, 1.54) is 11.1 Å². The van der Waals surface area contributed by atoms with E-state index in [2.05, 4.69) is 20.6 Å². The van der Waals surface area contributed by atoms with Gasteiger partial charge in [-0.25, -0.2) is 14.8 Å². The third kappa shape index (κ3) is 7.23. The maximum absolute atomic E-state index is 12.8. The van der Waals surface area contributed by atoms with Crippen LogP contribution < -0.4 is 10.6 Å². The van der Waals surface area contributed by atoms with Gasteiger partial charge in [-0.3, -0.25) is 0 Å². The lowest BCUT2D eigenvalue weighted by Gasteiger charge is -2.19. The molecule has 1 aliphatic heterocycles. The van der Waals surface area contributed by atoms with Gasteiger partial charge in [0, 0.05) is 43.0 Å². The number of benzene rings is 1. The van der Waals surface area contributed by atoms with Gasteiger partial charge in [-0.1, -0.05) is 6.07 Å². The van der Waals surface area contributed by atoms with Gasteiger partial charge in [-0.2, -0.15) is 18.4 Å². The summed E-state index contributed by atoms with van der Waals surface area (Å²) in [5.41, 5.74) is 4.54. The first-order valence-corrected chi connectivity index (χ1v) is 12.5. The second-order valence-corrected chi connectivity index (χ2v) is 9.78. The summed E-state index contributed by atoms with van der Waals surface area (Å²) in [6, 6.07) is 13.8. The van der Waals surface area contributed by atoms with Crippen molar-refractivity contribution >= 4 is 17.5 Å². The van der Waals surface area contributed by atoms with E-state index in [0.717, 1.165) is 16.7 Å². The van der Waals surface area contributed by atoms with Gasteiger partial charge in [0.15, 0.2) is 0 Å². The van der Waals surface area contributed by atoms with Gasteiger partial charge < -0.3 is 20.6 Å². The maximum Gasteiger partial charge on any atom is 0.389 e. The fourth-order valence-electron chi connectivity index (χ4n) is 4.58. The monoisotopic (exact) mass is 538 g/mol. The van der Waals surface area contributed by atoms with Crippen molar-refractivity contribution in [2.75, 3.05) is 30.3 Å². The minimum atomic E-state index is -4.25. The van der Waals surface area contributed by atoms with Crippen LogP contribution >= 0.6 is 0 Å². The third-order valence-electron chi connectivity index (χ3n) is 6.56. The molecular weight excluding hydrogens is 509 g/mol. The predicted octanol–water partition coefficient (Wildman–Crippen LogP) is 5.59. The molecule has 0 spiro atoms. The quantitative estimate of drug-likeness (QED) is 0.361. The number of pyridine rings is 2. The Labute approximate surface area is 224 Å². The molecule has 8 nitrogen and oxygen atoms in total. The molecule has 0 bridgehead atoms. The van der Waals surface area contributed by atoms with Crippen LogP contribution in [0.4, 0.5) is 29.5 Å². The molecule has 0 saturated carbocycles. The highest BCUT2D eigenvalue weighted by molar-refractivity contribution is 5.91. The van der Waals surface area contributed by atoms with Gasteiger partial charge in [-0.15, -0.1) is 0 Å². The number of likely N-dealkylation sites (tertiary alicyclic amines) is 1. The summed E-state index contributed by atoms with van der Waals surface area (Å²) in [4.78, 5) is 22.9. The number of carbonyl (C=O) groups is 1. The first-order chi connectivity index (χ1) is 18.5. The number of rotatable bonds is 7. The van der Waals surface area contributed by atoms with Crippen molar-refractivity contribution in [1.29, 1.82) is 5.26 Å². The maximum atomic E-state index is 12.8. The zero-order valence-corrected chi connectivity index (χ0v) is 21.6. The van der Waals surface area contributed by atoms with Crippen LogP contribution in [-0.4, -0.2) is 57.9 Å². The summed E-state index contributed by atoms with van der Waals surface area (Å²) in [7, 11) is 0. The Morgan fingerprint density at radius 2 is 2.03 bits per heavy atom. The predicted molar refractivity (Wildman–Crippen MR) is 142 cm³/mol. The average molecular weight is 539 g/mol. The van der Waals surface area contributed by atoms with E-state index in [0.29, 0.717) is 29.2 Å². The summed E-state index contributed by atoms with van der Waals surface area (Å²) in [6.45, 7) is 3.97. The molecule has 1 unspecified atom stereocenters. The smallest absolute Gasteiger partial charge is 0.389 e. The van der Waals surface area contributed by atoms with Gasteiger partial charge in [0.25, 0.3) is 0 Å². The molecule has 1 saturated heterocycles. The third-order valence-corrected chi connectivity index (χ3v) is 6.56. The molecule has 11 heteroatoms. The number of aromatic nitrogens is 2. The van der Waals surface area contributed by atoms with Crippen LogP contribution in [0, 0.1) is 24.2 Å². The van der Waals surface area contributed by atoms with Gasteiger partial charge in [0.1, 0.15) is 17.6 Å². The molecule has 1 aromatic carbocycles. The molecule has 3 N–H and O–H groups in total. The number of alkyl halides is 3. The van der Waals surface area contributed by atoms with Crippen molar-refractivity contribution in [3.8, 4) is 28.5 Å². The molecule has 2 aromatic heterocycles. The first-order valence-electron chi connectivity index (χ1n) is 12.5. The fourth-order valence-corrected chi connectivity index (χ4v) is 4.58. The molecule has 0 aliphatic carbocycles. The van der Waals surface area contributed by atoms with E-state index >= 15 is 0 Å². The molecule has 4 rings (SSSR count). The first kappa shape index (κ1) is 27.9. The number of nitrogens with zero attached hydrogens (tertiary/aromatic N) is 4. The van der Waals surface area contributed by atoms with E-state index in [1.807, 2.05) is 44.2 Å². The number of aliphatic hydroxyl groups excluding tert-OH is 1. The summed E-state index contributed by atoms with van der Waals surface area (Å²) in [5, 5.41) is 24.8. The van der Waals surface area contributed by atoms with Gasteiger partial charge in [0.05, 0.1) is 12.3 Å². The number of aliphatic hydroxyl groups is 1. The number of aryl methyl sites for hydroxylation is 1. The summed E-state index contributed by atoms with van der Waals surface area (Å²) in [5.74, 6) is -0.0810. The van der Waals surface area contributed by atoms with Gasteiger partial charge >= 0.3 is 12.2 Å². The number of anilines is 2. The van der Waals surface area contributed by atoms with Crippen LogP contribution in [0.15, 0.2) is 48.7 Å². The van der Waals surface area contributed by atoms with Crippen molar-refractivity contribution in [3.63, 3.8) is 0 Å². The molecule has 3 aromatic rings. The van der Waals surface area contributed by atoms with Crippen molar-refractivity contribution in [2.24, 2.45) is 5.92 Å². The number of nitriles is 1. The van der Waals surface area contributed by atoms with E-state index < -0.39 is 24.5 Å². The summed E-state index contributed by atoms with van der Waals surface area (Å²) < 4.78 is 38.3. The SMILES string of the molecule is Cc1ccc(NC(=O)N2CCC(CC(F)(F)F)C2)cc1-c1cc(N[C@H](C)CO)nc(-c2ccnc(C#N)c2)c1. The number of halogens is 3. The highest BCUT2D eigenvalue weighted by Gasteiger charge is 2.36. The second kappa shape index (κ2) is 11.7. The summed E-state index contributed by atoms with van der Waals surface area (Å²) >= 11 is 0. The Balaban J connectivity index is 1.62. The fraction of sp³-hybridized carbons (Fsp3) is 0.357. The Bertz CT molecular complexity index is 1390. The van der Waals surface area contributed by atoms with Crippen LogP contribution in [0.1, 0.15) is 31.0 Å². The molecule has 1 fully saturated rings. The van der Waals surface area contributed by atoms with Crippen molar-refractivity contribution in [1.82, 2.24) is 14.9 Å². The van der Waals surface area contributed by atoms with E-state index in [-0.39, 0.29) is 31.4 Å². The van der Waals surface area contributed by atoms with Crippen LogP contribution in [0.25, 0.3) is 22.4 Å². The molecule has 0 radical (unpaired) electrons. The van der Waals surface area contributed by atoms with Crippen molar-refractivity contribution in [2.45, 2.75) is 38.9 Å². The Morgan fingerprint density at radius 3 is 2.74 bits per heavy atom. The zero-order valence-electron chi connectivity index (χ0n) is 21.6. The minimum Gasteiger partial charge on any atom is -0.394 e. The minimum absolute atomic E-state index is 0.0620. The van der Waals surface area contributed by atoms with Gasteiger partial charge in [-0.05, 0) is 79.3 Å². The largest absolute Gasteiger partial charge is 0.394 e.